The minimum absolute atomic E-state index is 0.188. The number of carbonyl (C=O) groups excluding carboxylic acids is 1. The molecule has 4 nitrogen and oxygen atoms in total. The lowest BCUT2D eigenvalue weighted by Gasteiger charge is -2.32. The predicted octanol–water partition coefficient (Wildman–Crippen LogP) is 2.09. The molecule has 2 N–H and O–H groups in total. The number of hydrogen-bond donors (Lipinski definition) is 1. The molecule has 1 aliphatic rings. The van der Waals surface area contributed by atoms with Crippen molar-refractivity contribution in [1.82, 2.24) is 9.91 Å². The third-order valence-corrected chi connectivity index (χ3v) is 3.46. The zero-order valence-electron chi connectivity index (χ0n) is 9.20. The van der Waals surface area contributed by atoms with Crippen molar-refractivity contribution >= 4 is 22.0 Å². The SMILES string of the molecule is NN1CCCN(Cc2ccc(F)cc2Br)C1=O. The van der Waals surface area contributed by atoms with Gasteiger partial charge in [0.15, 0.2) is 0 Å². The van der Waals surface area contributed by atoms with Crippen LogP contribution in [-0.4, -0.2) is 29.0 Å². The van der Waals surface area contributed by atoms with Gasteiger partial charge in [0.1, 0.15) is 5.82 Å². The third kappa shape index (κ3) is 2.76. The number of rotatable bonds is 2. The van der Waals surface area contributed by atoms with Crippen molar-refractivity contribution in [3.8, 4) is 0 Å². The highest BCUT2D eigenvalue weighted by Gasteiger charge is 2.23. The van der Waals surface area contributed by atoms with Crippen molar-refractivity contribution in [2.45, 2.75) is 13.0 Å². The van der Waals surface area contributed by atoms with Gasteiger partial charge in [0, 0.05) is 24.1 Å². The first-order chi connectivity index (χ1) is 8.08. The fourth-order valence-electron chi connectivity index (χ4n) is 1.81. The zero-order chi connectivity index (χ0) is 12.4. The molecule has 1 fully saturated rings. The summed E-state index contributed by atoms with van der Waals surface area (Å²) >= 11 is 3.29. The van der Waals surface area contributed by atoms with Crippen LogP contribution in [0, 0.1) is 5.82 Å². The van der Waals surface area contributed by atoms with E-state index in [9.17, 15) is 9.18 Å². The van der Waals surface area contributed by atoms with E-state index < -0.39 is 0 Å². The second-order valence-corrected chi connectivity index (χ2v) is 4.84. The van der Waals surface area contributed by atoms with E-state index in [4.69, 9.17) is 5.84 Å². The van der Waals surface area contributed by atoms with Crippen molar-refractivity contribution in [2.75, 3.05) is 13.1 Å². The molecule has 1 heterocycles. The number of halogens is 2. The number of amides is 2. The lowest BCUT2D eigenvalue weighted by molar-refractivity contribution is 0.127. The monoisotopic (exact) mass is 301 g/mol. The van der Waals surface area contributed by atoms with Gasteiger partial charge in [-0.15, -0.1) is 0 Å². The quantitative estimate of drug-likeness (QED) is 0.672. The highest BCUT2D eigenvalue weighted by atomic mass is 79.9. The highest BCUT2D eigenvalue weighted by molar-refractivity contribution is 9.10. The van der Waals surface area contributed by atoms with Gasteiger partial charge < -0.3 is 4.90 Å². The Kier molecular flexibility index (Phi) is 3.63. The second kappa shape index (κ2) is 5.01. The van der Waals surface area contributed by atoms with Gasteiger partial charge in [-0.1, -0.05) is 22.0 Å². The van der Waals surface area contributed by atoms with E-state index >= 15 is 0 Å². The standard InChI is InChI=1S/C11H13BrFN3O/c12-10-6-9(13)3-2-8(10)7-15-4-1-5-16(14)11(15)17/h2-3,6H,1,4-5,7,14H2. The molecular weight excluding hydrogens is 289 g/mol. The summed E-state index contributed by atoms with van der Waals surface area (Å²) in [6.45, 7) is 1.70. The van der Waals surface area contributed by atoms with Crippen LogP contribution >= 0.6 is 15.9 Å². The molecule has 0 spiro atoms. The van der Waals surface area contributed by atoms with Crippen molar-refractivity contribution in [3.63, 3.8) is 0 Å². The molecule has 0 aromatic heterocycles. The van der Waals surface area contributed by atoms with Gasteiger partial charge in [-0.05, 0) is 24.1 Å². The summed E-state index contributed by atoms with van der Waals surface area (Å²) in [5.41, 5.74) is 0.870. The first-order valence-electron chi connectivity index (χ1n) is 5.33. The topological polar surface area (TPSA) is 49.6 Å². The molecule has 92 valence electrons. The Morgan fingerprint density at radius 2 is 2.18 bits per heavy atom. The van der Waals surface area contributed by atoms with Crippen LogP contribution in [0.3, 0.4) is 0 Å². The van der Waals surface area contributed by atoms with Gasteiger partial charge in [0.2, 0.25) is 0 Å². The molecule has 0 radical (unpaired) electrons. The van der Waals surface area contributed by atoms with E-state index in [0.29, 0.717) is 24.1 Å². The summed E-state index contributed by atoms with van der Waals surface area (Å²) in [6.07, 6.45) is 0.848. The van der Waals surface area contributed by atoms with Crippen molar-refractivity contribution < 1.29 is 9.18 Å². The van der Waals surface area contributed by atoms with Crippen LogP contribution < -0.4 is 5.84 Å². The average Bonchev–Trinajstić information content (AvgIpc) is 2.28. The summed E-state index contributed by atoms with van der Waals surface area (Å²) in [6, 6.07) is 4.26. The van der Waals surface area contributed by atoms with Crippen LogP contribution in [0.4, 0.5) is 9.18 Å². The molecule has 17 heavy (non-hydrogen) atoms. The number of urea groups is 1. The summed E-state index contributed by atoms with van der Waals surface area (Å²) < 4.78 is 13.6. The van der Waals surface area contributed by atoms with Crippen molar-refractivity contribution in [3.05, 3.63) is 34.1 Å². The first-order valence-corrected chi connectivity index (χ1v) is 6.12. The zero-order valence-corrected chi connectivity index (χ0v) is 10.8. The number of carbonyl (C=O) groups is 1. The maximum absolute atomic E-state index is 12.9. The van der Waals surface area contributed by atoms with E-state index in [0.717, 1.165) is 12.0 Å². The average molecular weight is 302 g/mol. The number of nitrogens with two attached hydrogens (primary N) is 1. The fourth-order valence-corrected chi connectivity index (χ4v) is 2.28. The molecule has 2 amide bonds. The largest absolute Gasteiger partial charge is 0.334 e. The Balaban J connectivity index is 2.12. The summed E-state index contributed by atoms with van der Waals surface area (Å²) in [5, 5.41) is 1.21. The molecule has 0 atom stereocenters. The highest BCUT2D eigenvalue weighted by Crippen LogP contribution is 2.21. The Morgan fingerprint density at radius 3 is 2.88 bits per heavy atom. The fraction of sp³-hybridized carbons (Fsp3) is 0.364. The van der Waals surface area contributed by atoms with E-state index in [-0.39, 0.29) is 11.8 Å². The van der Waals surface area contributed by atoms with Crippen LogP contribution in [0.1, 0.15) is 12.0 Å². The molecule has 0 unspecified atom stereocenters. The lowest BCUT2D eigenvalue weighted by atomic mass is 10.2. The van der Waals surface area contributed by atoms with Gasteiger partial charge in [-0.3, -0.25) is 5.01 Å². The van der Waals surface area contributed by atoms with Crippen LogP contribution in [-0.2, 0) is 6.54 Å². The van der Waals surface area contributed by atoms with Crippen molar-refractivity contribution in [1.29, 1.82) is 0 Å². The lowest BCUT2D eigenvalue weighted by Crippen LogP contribution is -2.52. The smallest absolute Gasteiger partial charge is 0.319 e. The molecule has 1 saturated heterocycles. The number of benzene rings is 1. The number of nitrogens with zero attached hydrogens (tertiary/aromatic N) is 2. The molecule has 1 aliphatic heterocycles. The first kappa shape index (κ1) is 12.3. The van der Waals surface area contributed by atoms with E-state index in [1.807, 2.05) is 0 Å². The maximum atomic E-state index is 12.9. The molecular formula is C11H13BrFN3O. The normalized spacial score (nSPS) is 16.5. The minimum Gasteiger partial charge on any atom is -0.319 e. The van der Waals surface area contributed by atoms with Gasteiger partial charge in [-0.2, -0.15) is 0 Å². The van der Waals surface area contributed by atoms with Gasteiger partial charge in [-0.25, -0.2) is 15.0 Å². The molecule has 1 aromatic carbocycles. The molecule has 0 aliphatic carbocycles. The van der Waals surface area contributed by atoms with Crippen LogP contribution in [0.15, 0.2) is 22.7 Å². The van der Waals surface area contributed by atoms with Crippen LogP contribution in [0.25, 0.3) is 0 Å². The van der Waals surface area contributed by atoms with Crippen LogP contribution in [0.2, 0.25) is 0 Å². The Morgan fingerprint density at radius 1 is 1.41 bits per heavy atom. The van der Waals surface area contributed by atoms with Gasteiger partial charge >= 0.3 is 6.03 Å². The Bertz CT molecular complexity index is 441. The molecule has 0 saturated carbocycles. The molecule has 6 heteroatoms. The Labute approximate surface area is 107 Å². The molecule has 2 rings (SSSR count). The summed E-state index contributed by atoms with van der Waals surface area (Å²) in [4.78, 5) is 13.4. The van der Waals surface area contributed by atoms with E-state index in [1.165, 1.54) is 17.1 Å². The number of hydrazine groups is 1. The van der Waals surface area contributed by atoms with E-state index in [1.54, 1.807) is 11.0 Å². The van der Waals surface area contributed by atoms with E-state index in [2.05, 4.69) is 15.9 Å². The van der Waals surface area contributed by atoms with Crippen molar-refractivity contribution in [2.24, 2.45) is 5.84 Å². The van der Waals surface area contributed by atoms with Crippen LogP contribution in [0.5, 0.6) is 0 Å². The maximum Gasteiger partial charge on any atom is 0.334 e. The van der Waals surface area contributed by atoms with Gasteiger partial charge in [0.05, 0.1) is 0 Å². The Hall–Kier alpha value is -1.14. The van der Waals surface area contributed by atoms with Gasteiger partial charge in [0.25, 0.3) is 0 Å². The molecule has 0 bridgehead atoms. The predicted molar refractivity (Wildman–Crippen MR) is 65.4 cm³/mol. The summed E-state index contributed by atoms with van der Waals surface area (Å²) in [7, 11) is 0. The summed E-state index contributed by atoms with van der Waals surface area (Å²) in [5.74, 6) is 5.25. The minimum atomic E-state index is -0.300. The molecule has 1 aromatic rings. The second-order valence-electron chi connectivity index (χ2n) is 3.99. The number of hydrogen-bond acceptors (Lipinski definition) is 2. The third-order valence-electron chi connectivity index (χ3n) is 2.72.